The average molecular weight is 284 g/mol. The molecule has 2 aromatic rings. The monoisotopic (exact) mass is 284 g/mol. The van der Waals surface area contributed by atoms with E-state index in [1.165, 1.54) is 12.0 Å². The summed E-state index contributed by atoms with van der Waals surface area (Å²) in [6.45, 7) is 2.96. The molecule has 5 nitrogen and oxygen atoms in total. The van der Waals surface area contributed by atoms with Crippen LogP contribution >= 0.6 is 0 Å². The predicted molar refractivity (Wildman–Crippen MR) is 77.8 cm³/mol. The molecule has 3 rings (SSSR count). The van der Waals surface area contributed by atoms with Crippen LogP contribution in [-0.2, 0) is 0 Å². The largest absolute Gasteiger partial charge is 0.508 e. The number of rotatable bonds is 2. The molecule has 0 aliphatic carbocycles. The van der Waals surface area contributed by atoms with Crippen LogP contribution in [0.3, 0.4) is 0 Å². The summed E-state index contributed by atoms with van der Waals surface area (Å²) < 4.78 is 5.15. The number of aromatic hydroxyl groups is 1. The van der Waals surface area contributed by atoms with Crippen molar-refractivity contribution in [3.63, 3.8) is 0 Å². The Bertz CT molecular complexity index is 686. The first-order valence-electron chi connectivity index (χ1n) is 6.83. The van der Waals surface area contributed by atoms with Crippen molar-refractivity contribution in [2.24, 2.45) is 0 Å². The van der Waals surface area contributed by atoms with Crippen molar-refractivity contribution >= 4 is 11.5 Å². The van der Waals surface area contributed by atoms with E-state index in [9.17, 15) is 9.90 Å². The Morgan fingerprint density at radius 3 is 2.67 bits per heavy atom. The fraction of sp³-hybridized carbons (Fsp3) is 0.250. The first kappa shape index (κ1) is 13.4. The SMILES string of the molecule is Cc1ncoc1C(=O)N1CC=C(c2ccc(O)cc2)CC1. The zero-order chi connectivity index (χ0) is 14.8. The van der Waals surface area contributed by atoms with E-state index in [-0.39, 0.29) is 11.7 Å². The second-order valence-electron chi connectivity index (χ2n) is 5.04. The third kappa shape index (κ3) is 2.67. The standard InChI is InChI=1S/C16H16N2O3/c1-11-15(21-10-17-11)16(20)18-8-6-13(7-9-18)12-2-4-14(19)5-3-12/h2-6,10,19H,7-9H2,1H3. The van der Waals surface area contributed by atoms with E-state index in [1.807, 2.05) is 18.2 Å². The molecule has 1 aromatic carbocycles. The van der Waals surface area contributed by atoms with Crippen LogP contribution in [0.25, 0.3) is 5.57 Å². The van der Waals surface area contributed by atoms with Crippen LogP contribution in [0.4, 0.5) is 0 Å². The van der Waals surface area contributed by atoms with Gasteiger partial charge in [-0.25, -0.2) is 4.98 Å². The Labute approximate surface area is 122 Å². The van der Waals surface area contributed by atoms with Crippen molar-refractivity contribution in [2.45, 2.75) is 13.3 Å². The number of hydrogen-bond donors (Lipinski definition) is 1. The Hall–Kier alpha value is -2.56. The Morgan fingerprint density at radius 2 is 2.10 bits per heavy atom. The van der Waals surface area contributed by atoms with Gasteiger partial charge in [-0.3, -0.25) is 4.79 Å². The normalized spacial score (nSPS) is 14.9. The zero-order valence-corrected chi connectivity index (χ0v) is 11.7. The second kappa shape index (κ2) is 5.44. The number of carbonyl (C=O) groups excluding carboxylic acids is 1. The van der Waals surface area contributed by atoms with E-state index in [0.29, 0.717) is 24.5 Å². The van der Waals surface area contributed by atoms with E-state index in [2.05, 4.69) is 4.98 Å². The summed E-state index contributed by atoms with van der Waals surface area (Å²) in [5.74, 6) is 0.454. The Morgan fingerprint density at radius 1 is 1.33 bits per heavy atom. The van der Waals surface area contributed by atoms with Crippen LogP contribution in [-0.4, -0.2) is 34.0 Å². The molecule has 0 saturated heterocycles. The Kier molecular flexibility index (Phi) is 3.48. The average Bonchev–Trinajstić information content (AvgIpc) is 2.94. The minimum Gasteiger partial charge on any atom is -0.508 e. The van der Waals surface area contributed by atoms with Gasteiger partial charge in [0.15, 0.2) is 6.39 Å². The summed E-state index contributed by atoms with van der Waals surface area (Å²) in [5.41, 5.74) is 2.89. The lowest BCUT2D eigenvalue weighted by molar-refractivity contribution is 0.0740. The van der Waals surface area contributed by atoms with E-state index in [0.717, 1.165) is 12.0 Å². The molecule has 1 aliphatic heterocycles. The molecule has 0 atom stereocenters. The molecule has 0 radical (unpaired) electrons. The molecule has 0 spiro atoms. The minimum atomic E-state index is -0.119. The molecule has 0 unspecified atom stereocenters. The van der Waals surface area contributed by atoms with Gasteiger partial charge in [0.1, 0.15) is 5.75 Å². The molecule has 0 fully saturated rings. The molecule has 0 bridgehead atoms. The van der Waals surface area contributed by atoms with Crippen molar-refractivity contribution in [3.05, 3.63) is 53.8 Å². The van der Waals surface area contributed by atoms with Crippen LogP contribution in [0.5, 0.6) is 5.75 Å². The first-order valence-corrected chi connectivity index (χ1v) is 6.83. The van der Waals surface area contributed by atoms with Crippen LogP contribution in [0.15, 0.2) is 41.2 Å². The Balaban J connectivity index is 1.73. The predicted octanol–water partition coefficient (Wildman–Crippen LogP) is 2.62. The summed E-state index contributed by atoms with van der Waals surface area (Å²) >= 11 is 0. The van der Waals surface area contributed by atoms with E-state index in [4.69, 9.17) is 4.42 Å². The van der Waals surface area contributed by atoms with Gasteiger partial charge in [0, 0.05) is 13.1 Å². The molecular formula is C16H16N2O3. The molecular weight excluding hydrogens is 268 g/mol. The van der Waals surface area contributed by atoms with Gasteiger partial charge in [-0.1, -0.05) is 18.2 Å². The summed E-state index contributed by atoms with van der Waals surface area (Å²) in [4.78, 5) is 18.0. The van der Waals surface area contributed by atoms with E-state index >= 15 is 0 Å². The lowest BCUT2D eigenvalue weighted by atomic mass is 9.99. The van der Waals surface area contributed by atoms with Crippen LogP contribution in [0.2, 0.25) is 0 Å². The maximum Gasteiger partial charge on any atom is 0.291 e. The summed E-state index contributed by atoms with van der Waals surface area (Å²) in [6.07, 6.45) is 4.12. The van der Waals surface area contributed by atoms with Crippen molar-refractivity contribution in [1.29, 1.82) is 0 Å². The number of benzene rings is 1. The third-order valence-electron chi connectivity index (χ3n) is 3.67. The van der Waals surface area contributed by atoms with E-state index < -0.39 is 0 Å². The van der Waals surface area contributed by atoms with Gasteiger partial charge in [0.2, 0.25) is 5.76 Å². The maximum absolute atomic E-state index is 12.3. The number of aryl methyl sites for hydroxylation is 1. The summed E-state index contributed by atoms with van der Waals surface area (Å²) in [7, 11) is 0. The molecule has 1 aromatic heterocycles. The molecule has 2 heterocycles. The van der Waals surface area contributed by atoms with Crippen LogP contribution in [0, 0.1) is 6.92 Å². The molecule has 1 N–H and O–H groups in total. The number of nitrogens with zero attached hydrogens (tertiary/aromatic N) is 2. The van der Waals surface area contributed by atoms with Gasteiger partial charge in [-0.05, 0) is 36.6 Å². The fourth-order valence-electron chi connectivity index (χ4n) is 2.44. The summed E-state index contributed by atoms with van der Waals surface area (Å²) in [5, 5.41) is 9.31. The van der Waals surface area contributed by atoms with Gasteiger partial charge in [-0.15, -0.1) is 0 Å². The number of hydrogen-bond acceptors (Lipinski definition) is 4. The second-order valence-corrected chi connectivity index (χ2v) is 5.04. The summed E-state index contributed by atoms with van der Waals surface area (Å²) in [6, 6.07) is 7.12. The van der Waals surface area contributed by atoms with Gasteiger partial charge in [-0.2, -0.15) is 0 Å². The van der Waals surface area contributed by atoms with Crippen LogP contribution < -0.4 is 0 Å². The first-order chi connectivity index (χ1) is 10.1. The van der Waals surface area contributed by atoms with Gasteiger partial charge in [0.05, 0.1) is 5.69 Å². The van der Waals surface area contributed by atoms with Gasteiger partial charge < -0.3 is 14.4 Å². The van der Waals surface area contributed by atoms with Crippen molar-refractivity contribution in [3.8, 4) is 5.75 Å². The van der Waals surface area contributed by atoms with Crippen molar-refractivity contribution < 1.29 is 14.3 Å². The molecule has 0 saturated carbocycles. The fourth-order valence-corrected chi connectivity index (χ4v) is 2.44. The highest BCUT2D eigenvalue weighted by atomic mass is 16.3. The minimum absolute atomic E-state index is 0.119. The molecule has 1 amide bonds. The van der Waals surface area contributed by atoms with Gasteiger partial charge >= 0.3 is 0 Å². The number of aromatic nitrogens is 1. The molecule has 108 valence electrons. The highest BCUT2D eigenvalue weighted by Gasteiger charge is 2.23. The number of phenols is 1. The molecule has 21 heavy (non-hydrogen) atoms. The van der Waals surface area contributed by atoms with Crippen molar-refractivity contribution in [1.82, 2.24) is 9.88 Å². The van der Waals surface area contributed by atoms with Gasteiger partial charge in [0.25, 0.3) is 5.91 Å². The third-order valence-corrected chi connectivity index (χ3v) is 3.67. The number of phenolic OH excluding ortho intramolecular Hbond substituents is 1. The quantitative estimate of drug-likeness (QED) is 0.920. The zero-order valence-electron chi connectivity index (χ0n) is 11.7. The van der Waals surface area contributed by atoms with Crippen molar-refractivity contribution in [2.75, 3.05) is 13.1 Å². The van der Waals surface area contributed by atoms with E-state index in [1.54, 1.807) is 24.0 Å². The number of amides is 1. The maximum atomic E-state index is 12.3. The number of carbonyl (C=O) groups is 1. The van der Waals surface area contributed by atoms with Crippen LogP contribution in [0.1, 0.15) is 28.2 Å². The molecule has 5 heteroatoms. The highest BCUT2D eigenvalue weighted by molar-refractivity contribution is 5.93. The number of oxazole rings is 1. The topological polar surface area (TPSA) is 66.6 Å². The highest BCUT2D eigenvalue weighted by Crippen LogP contribution is 2.25. The molecule has 1 aliphatic rings. The lowest BCUT2D eigenvalue weighted by Crippen LogP contribution is -2.34. The lowest BCUT2D eigenvalue weighted by Gasteiger charge is -2.26. The smallest absolute Gasteiger partial charge is 0.291 e.